The molecule has 0 aliphatic carbocycles. The molecule has 0 saturated carbocycles. The molecule has 2 unspecified atom stereocenters. The van der Waals surface area contributed by atoms with E-state index >= 15 is 0 Å². The summed E-state index contributed by atoms with van der Waals surface area (Å²) < 4.78 is 5.47. The Morgan fingerprint density at radius 2 is 1.04 bits per heavy atom. The van der Waals surface area contributed by atoms with Gasteiger partial charge in [0.1, 0.15) is 5.44 Å². The predicted octanol–water partition coefficient (Wildman–Crippen LogP) is 7.16. The number of rotatable bonds is 14. The Morgan fingerprint density at radius 1 is 0.640 bits per heavy atom. The van der Waals surface area contributed by atoms with E-state index in [1.54, 1.807) is 11.8 Å². The first kappa shape index (κ1) is 21.8. The molecule has 2 atom stereocenters. The van der Waals surface area contributed by atoms with E-state index < -0.39 is 0 Å². The van der Waals surface area contributed by atoms with Gasteiger partial charge in [-0.15, -0.1) is 11.8 Å². The summed E-state index contributed by atoms with van der Waals surface area (Å²) in [5.41, 5.74) is 0.443. The Kier molecular flexibility index (Phi) is 14.1. The molecule has 1 saturated heterocycles. The van der Waals surface area contributed by atoms with Gasteiger partial charge in [0.2, 0.25) is 0 Å². The van der Waals surface area contributed by atoms with Crippen LogP contribution in [0.3, 0.4) is 0 Å². The van der Waals surface area contributed by atoms with Crippen LogP contribution in [0, 0.1) is 0 Å². The third kappa shape index (κ3) is 13.7. The summed E-state index contributed by atoms with van der Waals surface area (Å²) in [5, 5.41) is 0. The molecule has 1 rings (SSSR count). The van der Waals surface area contributed by atoms with Crippen LogP contribution in [0.5, 0.6) is 0 Å². The van der Waals surface area contributed by atoms with E-state index in [1.807, 2.05) is 0 Å². The number of ether oxygens (including phenoxy) is 1. The van der Waals surface area contributed by atoms with Crippen molar-refractivity contribution in [2.24, 2.45) is 0 Å². The zero-order valence-electron chi connectivity index (χ0n) is 15.8. The van der Waals surface area contributed by atoms with Gasteiger partial charge in [-0.05, 0) is 51.2 Å². The van der Waals surface area contributed by atoms with Crippen molar-refractivity contribution in [2.45, 2.75) is 63.4 Å². The summed E-state index contributed by atoms with van der Waals surface area (Å²) in [6.07, 6.45) is 36.6. The maximum atomic E-state index is 5.47. The highest BCUT2D eigenvalue weighted by molar-refractivity contribution is 7.99. The first-order chi connectivity index (χ1) is 12.4. The zero-order chi connectivity index (χ0) is 18.0. The average Bonchev–Trinajstić information content (AvgIpc) is 3.39. The molecule has 0 bridgehead atoms. The van der Waals surface area contributed by atoms with Crippen LogP contribution in [0.25, 0.3) is 0 Å². The molecule has 0 amide bonds. The Balaban J connectivity index is 1.91. The normalized spacial score (nSPS) is 21.4. The Hall–Kier alpha value is -1.25. The van der Waals surface area contributed by atoms with Crippen molar-refractivity contribution in [3.63, 3.8) is 0 Å². The largest absolute Gasteiger partial charge is 0.358 e. The number of hydrogen-bond donors (Lipinski definition) is 0. The molecule has 0 spiro atoms. The molecule has 0 aromatic heterocycles. The van der Waals surface area contributed by atoms with Crippen LogP contribution >= 0.6 is 11.8 Å². The molecule has 1 heterocycles. The molecule has 1 aliphatic rings. The topological polar surface area (TPSA) is 12.5 Å². The highest BCUT2D eigenvalue weighted by Gasteiger charge is 2.36. The molecule has 0 aromatic rings. The fraction of sp³-hybridized carbons (Fsp3) is 0.478. The van der Waals surface area contributed by atoms with Crippen LogP contribution in [-0.2, 0) is 4.74 Å². The Morgan fingerprint density at radius 3 is 1.40 bits per heavy atom. The highest BCUT2D eigenvalue weighted by atomic mass is 32.2. The smallest absolute Gasteiger partial charge is 0.130 e. The summed E-state index contributed by atoms with van der Waals surface area (Å²) in [5.74, 6) is 0. The quantitative estimate of drug-likeness (QED) is 0.241. The van der Waals surface area contributed by atoms with E-state index in [-0.39, 0.29) is 0 Å². The van der Waals surface area contributed by atoms with E-state index in [0.29, 0.717) is 11.5 Å². The third-order valence-electron chi connectivity index (χ3n) is 3.73. The summed E-state index contributed by atoms with van der Waals surface area (Å²) in [4.78, 5) is 0. The Labute approximate surface area is 159 Å². The fourth-order valence-electron chi connectivity index (χ4n) is 2.25. The third-order valence-corrected chi connectivity index (χ3v) is 4.61. The number of allylic oxidation sites excluding steroid dienone is 11. The minimum atomic E-state index is 0.443. The monoisotopic (exact) mass is 358 g/mol. The summed E-state index contributed by atoms with van der Waals surface area (Å²) in [6.45, 7) is 2.16. The maximum Gasteiger partial charge on any atom is 0.130 e. The Bertz CT molecular complexity index is 482. The van der Waals surface area contributed by atoms with Gasteiger partial charge in [-0.3, -0.25) is 0 Å². The van der Waals surface area contributed by atoms with Gasteiger partial charge < -0.3 is 4.74 Å². The van der Waals surface area contributed by atoms with Crippen molar-refractivity contribution in [1.29, 1.82) is 0 Å². The first-order valence-corrected chi connectivity index (χ1v) is 10.8. The second-order valence-electron chi connectivity index (χ2n) is 5.93. The summed E-state index contributed by atoms with van der Waals surface area (Å²) in [7, 11) is 0. The van der Waals surface area contributed by atoms with Crippen LogP contribution in [0.15, 0.2) is 72.9 Å². The van der Waals surface area contributed by atoms with Crippen molar-refractivity contribution in [2.75, 3.05) is 6.26 Å². The van der Waals surface area contributed by atoms with Gasteiger partial charge in [-0.2, -0.15) is 0 Å². The lowest BCUT2D eigenvalue weighted by atomic mass is 10.2. The minimum absolute atomic E-state index is 0.443. The van der Waals surface area contributed by atoms with E-state index in [9.17, 15) is 0 Å². The van der Waals surface area contributed by atoms with Crippen LogP contribution in [0.1, 0.15) is 51.9 Å². The molecule has 138 valence electrons. The molecule has 0 radical (unpaired) electrons. The van der Waals surface area contributed by atoms with Gasteiger partial charge >= 0.3 is 0 Å². The van der Waals surface area contributed by atoms with Crippen molar-refractivity contribution in [3.05, 3.63) is 72.9 Å². The average molecular weight is 359 g/mol. The van der Waals surface area contributed by atoms with E-state index in [1.165, 1.54) is 0 Å². The fourth-order valence-corrected chi connectivity index (χ4v) is 2.92. The molecular weight excluding hydrogens is 324 g/mol. The lowest BCUT2D eigenvalue weighted by molar-refractivity contribution is 0.402. The molecule has 1 aliphatic heterocycles. The van der Waals surface area contributed by atoms with Crippen molar-refractivity contribution in [3.8, 4) is 0 Å². The molecular formula is C23H34OS. The molecule has 2 heteroatoms. The number of thioether (sulfide) groups is 1. The molecule has 0 aromatic carbocycles. The van der Waals surface area contributed by atoms with Gasteiger partial charge in [0.15, 0.2) is 0 Å². The predicted molar refractivity (Wildman–Crippen MR) is 115 cm³/mol. The maximum absolute atomic E-state index is 5.47. The lowest BCUT2D eigenvalue weighted by Crippen LogP contribution is -1.85. The van der Waals surface area contributed by atoms with Crippen LogP contribution in [0.2, 0.25) is 0 Å². The standard InChI is InChI=1S/C23H34OS/c1-3-4-5-6-7-8-9-10-11-12-13-14-15-16-17-18-19-20-21-22-23(24-22)25-2/h4-5,7-8,10-11,13-14,16-17,19-20,22-23H,3,6,9,12,15,18,21H2,1-2H3. The van der Waals surface area contributed by atoms with Gasteiger partial charge in [0, 0.05) is 0 Å². The molecule has 25 heavy (non-hydrogen) atoms. The van der Waals surface area contributed by atoms with E-state index in [0.717, 1.165) is 44.9 Å². The van der Waals surface area contributed by atoms with Crippen molar-refractivity contribution >= 4 is 11.8 Å². The van der Waals surface area contributed by atoms with Gasteiger partial charge in [0.25, 0.3) is 0 Å². The molecule has 1 fully saturated rings. The van der Waals surface area contributed by atoms with Gasteiger partial charge in [-0.1, -0.05) is 79.8 Å². The van der Waals surface area contributed by atoms with Crippen molar-refractivity contribution in [1.82, 2.24) is 0 Å². The zero-order valence-corrected chi connectivity index (χ0v) is 16.7. The first-order valence-electron chi connectivity index (χ1n) is 9.46. The summed E-state index contributed by atoms with van der Waals surface area (Å²) in [6, 6.07) is 0. The summed E-state index contributed by atoms with van der Waals surface area (Å²) >= 11 is 1.80. The molecule has 0 N–H and O–H groups in total. The van der Waals surface area contributed by atoms with E-state index in [4.69, 9.17) is 4.74 Å². The second-order valence-corrected chi connectivity index (χ2v) is 6.87. The van der Waals surface area contributed by atoms with Crippen LogP contribution in [0.4, 0.5) is 0 Å². The van der Waals surface area contributed by atoms with E-state index in [2.05, 4.69) is 86.1 Å². The number of epoxide rings is 1. The van der Waals surface area contributed by atoms with Crippen LogP contribution < -0.4 is 0 Å². The van der Waals surface area contributed by atoms with Gasteiger partial charge in [0.05, 0.1) is 6.10 Å². The van der Waals surface area contributed by atoms with Gasteiger partial charge in [-0.25, -0.2) is 0 Å². The van der Waals surface area contributed by atoms with Crippen LogP contribution in [-0.4, -0.2) is 17.8 Å². The SMILES string of the molecule is CCC=CCC=CCC=CCC=CCC=CCC=CCC1OC1SC. The lowest BCUT2D eigenvalue weighted by Gasteiger charge is -1.86. The minimum Gasteiger partial charge on any atom is -0.358 e. The molecule has 1 nitrogen and oxygen atoms in total. The highest BCUT2D eigenvalue weighted by Crippen LogP contribution is 2.33. The van der Waals surface area contributed by atoms with Crippen molar-refractivity contribution < 1.29 is 4.74 Å². The number of hydrogen-bond acceptors (Lipinski definition) is 2. The second kappa shape index (κ2) is 16.2.